The molecule has 0 amide bonds. The van der Waals surface area contributed by atoms with Gasteiger partial charge < -0.3 is 4.98 Å². The zero-order valence-corrected chi connectivity index (χ0v) is 13.8. The van der Waals surface area contributed by atoms with Crippen molar-refractivity contribution in [2.45, 2.75) is 6.18 Å². The summed E-state index contributed by atoms with van der Waals surface area (Å²) in [7, 11) is 0. The first-order valence-corrected chi connectivity index (χ1v) is 7.71. The number of rotatable bonds is 2. The molecule has 0 radical (unpaired) electrons. The molecule has 128 valence electrons. The van der Waals surface area contributed by atoms with Gasteiger partial charge in [-0.15, -0.1) is 0 Å². The third kappa shape index (κ3) is 3.28. The summed E-state index contributed by atoms with van der Waals surface area (Å²) in [6.07, 6.45) is -1.94. The van der Waals surface area contributed by atoms with E-state index in [2.05, 4.69) is 4.98 Å². The first kappa shape index (κ1) is 17.6. The Kier molecular flexibility index (Phi) is 4.46. The highest BCUT2D eigenvalue weighted by Gasteiger charge is 2.33. The Balaban J connectivity index is 2.23. The number of H-pyrrole nitrogens is 1. The number of alkyl halides is 3. The van der Waals surface area contributed by atoms with Crippen LogP contribution in [0.5, 0.6) is 0 Å². The van der Waals surface area contributed by atoms with E-state index < -0.39 is 11.7 Å². The summed E-state index contributed by atoms with van der Waals surface area (Å²) in [5.41, 5.74) is 0.0714. The lowest BCUT2D eigenvalue weighted by molar-refractivity contribution is -0.137. The molecule has 1 aromatic heterocycles. The third-order valence-electron chi connectivity index (χ3n) is 3.84. The Morgan fingerprint density at radius 3 is 2.54 bits per heavy atom. The highest BCUT2D eigenvalue weighted by molar-refractivity contribution is 6.31. The molecule has 7 heteroatoms. The lowest BCUT2D eigenvalue weighted by Gasteiger charge is -2.11. The summed E-state index contributed by atoms with van der Waals surface area (Å²) >= 11 is 5.98. The number of aromatic amines is 1. The lowest BCUT2D eigenvalue weighted by atomic mass is 9.98. The molecule has 0 saturated carbocycles. The van der Waals surface area contributed by atoms with Crippen molar-refractivity contribution in [1.82, 2.24) is 4.98 Å². The molecule has 1 heterocycles. The Labute approximate surface area is 151 Å². The summed E-state index contributed by atoms with van der Waals surface area (Å²) in [6, 6.07) is 11.8. The van der Waals surface area contributed by atoms with Gasteiger partial charge in [0.05, 0.1) is 28.8 Å². The fourth-order valence-corrected chi connectivity index (χ4v) is 2.82. The summed E-state index contributed by atoms with van der Waals surface area (Å²) in [5.74, 6) is 0. The van der Waals surface area contributed by atoms with Gasteiger partial charge in [-0.1, -0.05) is 11.6 Å². The van der Waals surface area contributed by atoms with Crippen LogP contribution in [0.4, 0.5) is 13.2 Å². The minimum Gasteiger partial charge on any atom is -0.361 e. The number of hydrogen-bond acceptors (Lipinski definition) is 2. The van der Waals surface area contributed by atoms with Crippen LogP contribution < -0.4 is 0 Å². The van der Waals surface area contributed by atoms with Gasteiger partial charge in [-0.2, -0.15) is 23.7 Å². The smallest absolute Gasteiger partial charge is 0.361 e. The van der Waals surface area contributed by atoms with Crippen LogP contribution in [0, 0.1) is 22.7 Å². The van der Waals surface area contributed by atoms with Crippen LogP contribution >= 0.6 is 11.6 Å². The molecule has 0 aliphatic rings. The van der Waals surface area contributed by atoms with E-state index in [0.29, 0.717) is 21.5 Å². The average Bonchev–Trinajstić information content (AvgIpc) is 3.01. The number of aromatic nitrogens is 1. The highest BCUT2D eigenvalue weighted by Crippen LogP contribution is 2.35. The van der Waals surface area contributed by atoms with Gasteiger partial charge in [0.15, 0.2) is 0 Å². The van der Waals surface area contributed by atoms with Crippen molar-refractivity contribution < 1.29 is 13.2 Å². The first-order valence-electron chi connectivity index (χ1n) is 7.33. The van der Waals surface area contributed by atoms with Gasteiger partial charge >= 0.3 is 6.18 Å². The standard InChI is InChI=1S/C19H9ClF3N3/c20-14-2-4-18-15(7-14)16(10-26-18)13(9-25)6-12-5-11(8-24)1-3-17(12)19(21,22)23/h1-7,10,26H/b13-6+. The fraction of sp³-hybridized carbons (Fsp3) is 0.0526. The van der Waals surface area contributed by atoms with Crippen LogP contribution in [0.1, 0.15) is 22.3 Å². The lowest BCUT2D eigenvalue weighted by Crippen LogP contribution is -2.07. The number of nitrogens with one attached hydrogen (secondary N) is 1. The van der Waals surface area contributed by atoms with Crippen LogP contribution in [0.2, 0.25) is 5.02 Å². The largest absolute Gasteiger partial charge is 0.416 e. The Morgan fingerprint density at radius 1 is 1.12 bits per heavy atom. The second-order valence-corrected chi connectivity index (χ2v) is 5.91. The van der Waals surface area contributed by atoms with E-state index in [1.54, 1.807) is 24.3 Å². The molecule has 0 saturated heterocycles. The SMILES string of the molecule is N#C/C(=C\c1cc(C#N)ccc1C(F)(F)F)c1c[nH]c2ccc(Cl)cc12. The van der Waals surface area contributed by atoms with E-state index in [1.165, 1.54) is 6.20 Å². The van der Waals surface area contributed by atoms with Crippen LogP contribution in [0.3, 0.4) is 0 Å². The molecular weight excluding hydrogens is 363 g/mol. The monoisotopic (exact) mass is 371 g/mol. The average molecular weight is 372 g/mol. The molecule has 1 N–H and O–H groups in total. The van der Waals surface area contributed by atoms with Crippen LogP contribution in [0.15, 0.2) is 42.6 Å². The molecule has 2 aromatic carbocycles. The van der Waals surface area contributed by atoms with Crippen LogP contribution in [0.25, 0.3) is 22.6 Å². The van der Waals surface area contributed by atoms with Crippen molar-refractivity contribution in [3.05, 3.63) is 69.9 Å². The molecule has 0 spiro atoms. The molecule has 3 aromatic rings. The minimum atomic E-state index is -4.61. The zero-order valence-electron chi connectivity index (χ0n) is 13.0. The van der Waals surface area contributed by atoms with Crippen LogP contribution in [-0.2, 0) is 6.18 Å². The molecular formula is C19H9ClF3N3. The van der Waals surface area contributed by atoms with E-state index >= 15 is 0 Å². The highest BCUT2D eigenvalue weighted by atomic mass is 35.5. The molecule has 0 atom stereocenters. The van der Waals surface area contributed by atoms with Gasteiger partial charge in [0.2, 0.25) is 0 Å². The maximum Gasteiger partial charge on any atom is 0.416 e. The van der Waals surface area contributed by atoms with Gasteiger partial charge in [0.25, 0.3) is 0 Å². The van der Waals surface area contributed by atoms with Crippen molar-refractivity contribution in [3.63, 3.8) is 0 Å². The summed E-state index contributed by atoms with van der Waals surface area (Å²) in [5, 5.41) is 19.5. The van der Waals surface area contributed by atoms with Crippen molar-refractivity contribution in [2.24, 2.45) is 0 Å². The van der Waals surface area contributed by atoms with Gasteiger partial charge in [-0.05, 0) is 48.0 Å². The van der Waals surface area contributed by atoms with Crippen molar-refractivity contribution in [3.8, 4) is 12.1 Å². The van der Waals surface area contributed by atoms with Gasteiger partial charge in [0, 0.05) is 27.7 Å². The second-order valence-electron chi connectivity index (χ2n) is 5.47. The molecule has 3 rings (SSSR count). The Morgan fingerprint density at radius 2 is 1.88 bits per heavy atom. The van der Waals surface area contributed by atoms with E-state index in [0.717, 1.165) is 24.3 Å². The molecule has 26 heavy (non-hydrogen) atoms. The van der Waals surface area contributed by atoms with Gasteiger partial charge in [-0.25, -0.2) is 0 Å². The summed E-state index contributed by atoms with van der Waals surface area (Å²) < 4.78 is 39.8. The molecule has 3 nitrogen and oxygen atoms in total. The summed E-state index contributed by atoms with van der Waals surface area (Å²) in [6.45, 7) is 0. The minimum absolute atomic E-state index is 0.0270. The normalized spacial score (nSPS) is 12.0. The Bertz CT molecular complexity index is 1110. The number of hydrogen-bond donors (Lipinski definition) is 1. The fourth-order valence-electron chi connectivity index (χ4n) is 2.65. The van der Waals surface area contributed by atoms with E-state index in [9.17, 15) is 18.4 Å². The van der Waals surface area contributed by atoms with Crippen LogP contribution in [-0.4, -0.2) is 4.98 Å². The third-order valence-corrected chi connectivity index (χ3v) is 4.08. The molecule has 0 fully saturated rings. The number of nitrogens with zero attached hydrogens (tertiary/aromatic N) is 2. The molecule has 0 bridgehead atoms. The number of halogens is 4. The number of nitriles is 2. The zero-order chi connectivity index (χ0) is 18.9. The van der Waals surface area contributed by atoms with Crippen molar-refractivity contribution in [1.29, 1.82) is 10.5 Å². The summed E-state index contributed by atoms with van der Waals surface area (Å²) in [4.78, 5) is 2.96. The van der Waals surface area contributed by atoms with Crippen molar-refractivity contribution in [2.75, 3.05) is 0 Å². The quantitative estimate of drug-likeness (QED) is 0.581. The maximum absolute atomic E-state index is 13.3. The maximum atomic E-state index is 13.3. The first-order chi connectivity index (χ1) is 12.3. The molecule has 0 aliphatic heterocycles. The second kappa shape index (κ2) is 6.59. The number of allylic oxidation sites excluding steroid dienone is 1. The number of benzene rings is 2. The van der Waals surface area contributed by atoms with Gasteiger partial charge in [-0.3, -0.25) is 0 Å². The molecule has 0 aliphatic carbocycles. The van der Waals surface area contributed by atoms with E-state index in [1.807, 2.05) is 6.07 Å². The predicted molar refractivity (Wildman–Crippen MR) is 93.0 cm³/mol. The van der Waals surface area contributed by atoms with Crippen molar-refractivity contribution >= 4 is 34.2 Å². The topological polar surface area (TPSA) is 63.4 Å². The molecule has 0 unspecified atom stereocenters. The predicted octanol–water partition coefficient (Wildman–Crippen LogP) is 5.78. The Hall–Kier alpha value is -3.22. The number of fused-ring (bicyclic) bond motifs is 1. The van der Waals surface area contributed by atoms with Gasteiger partial charge in [0.1, 0.15) is 0 Å². The van der Waals surface area contributed by atoms with E-state index in [4.69, 9.17) is 16.9 Å². The van der Waals surface area contributed by atoms with E-state index in [-0.39, 0.29) is 16.7 Å².